The van der Waals surface area contributed by atoms with Crippen LogP contribution in [0.15, 0.2) is 15.2 Å². The van der Waals surface area contributed by atoms with Crippen molar-refractivity contribution in [3.63, 3.8) is 0 Å². The summed E-state index contributed by atoms with van der Waals surface area (Å²) in [4.78, 5) is 11.4. The van der Waals surface area contributed by atoms with E-state index >= 15 is 0 Å². The molecule has 15 heavy (non-hydrogen) atoms. The van der Waals surface area contributed by atoms with E-state index in [1.807, 2.05) is 11.4 Å². The number of thiophene rings is 1. The summed E-state index contributed by atoms with van der Waals surface area (Å²) in [5, 5.41) is 8.04. The summed E-state index contributed by atoms with van der Waals surface area (Å²) in [7, 11) is 0. The summed E-state index contributed by atoms with van der Waals surface area (Å²) >= 11 is 5.03. The normalized spacial score (nSPS) is 15.3. The molecular formula is C9H12BrClN2OS. The minimum atomic E-state index is 0. The third-order valence-corrected chi connectivity index (χ3v) is 3.79. The maximum Gasteiger partial charge on any atom is 0.225 e. The molecule has 1 fully saturated rings. The quantitative estimate of drug-likeness (QED) is 0.893. The standard InChI is InChI=1S/C9H11BrN2OS.ClH/c10-8-1-6(5-14-8)2-12-9(13)7-3-11-4-7;/h1,5,7,11H,2-4H2,(H,12,13);1H. The lowest BCUT2D eigenvalue weighted by Gasteiger charge is -2.25. The van der Waals surface area contributed by atoms with Crippen molar-refractivity contribution in [2.24, 2.45) is 5.92 Å². The fraction of sp³-hybridized carbons (Fsp3) is 0.444. The van der Waals surface area contributed by atoms with E-state index in [9.17, 15) is 4.79 Å². The summed E-state index contributed by atoms with van der Waals surface area (Å²) in [6.07, 6.45) is 0. The highest BCUT2D eigenvalue weighted by Gasteiger charge is 2.24. The molecule has 2 heterocycles. The summed E-state index contributed by atoms with van der Waals surface area (Å²) in [6, 6.07) is 2.03. The van der Waals surface area contributed by atoms with Gasteiger partial charge < -0.3 is 10.6 Å². The van der Waals surface area contributed by atoms with Gasteiger partial charge in [-0.15, -0.1) is 23.7 Å². The molecule has 6 heteroatoms. The van der Waals surface area contributed by atoms with Crippen LogP contribution in [0, 0.1) is 5.92 Å². The van der Waals surface area contributed by atoms with E-state index in [4.69, 9.17) is 0 Å². The van der Waals surface area contributed by atoms with Crippen molar-refractivity contribution in [2.45, 2.75) is 6.54 Å². The van der Waals surface area contributed by atoms with Gasteiger partial charge in [-0.05, 0) is 32.9 Å². The molecule has 0 atom stereocenters. The van der Waals surface area contributed by atoms with Gasteiger partial charge in [0, 0.05) is 19.6 Å². The molecule has 0 spiro atoms. The van der Waals surface area contributed by atoms with Crippen molar-refractivity contribution in [1.82, 2.24) is 10.6 Å². The number of amides is 1. The van der Waals surface area contributed by atoms with Gasteiger partial charge in [-0.25, -0.2) is 0 Å². The van der Waals surface area contributed by atoms with Crippen LogP contribution in [0.1, 0.15) is 5.56 Å². The molecule has 0 saturated carbocycles. The van der Waals surface area contributed by atoms with Crippen LogP contribution in [0.2, 0.25) is 0 Å². The molecule has 1 saturated heterocycles. The number of rotatable bonds is 3. The van der Waals surface area contributed by atoms with Crippen molar-refractivity contribution in [3.8, 4) is 0 Å². The molecule has 1 aliphatic rings. The molecule has 0 unspecified atom stereocenters. The van der Waals surface area contributed by atoms with Crippen LogP contribution in [0.3, 0.4) is 0 Å². The predicted molar refractivity (Wildman–Crippen MR) is 67.5 cm³/mol. The van der Waals surface area contributed by atoms with Crippen molar-refractivity contribution in [2.75, 3.05) is 13.1 Å². The van der Waals surface area contributed by atoms with Crippen molar-refractivity contribution in [1.29, 1.82) is 0 Å². The van der Waals surface area contributed by atoms with Crippen molar-refractivity contribution >= 4 is 45.6 Å². The Morgan fingerprint density at radius 2 is 2.40 bits per heavy atom. The second-order valence-corrected chi connectivity index (χ2v) is 5.62. The number of carbonyl (C=O) groups excluding carboxylic acids is 1. The Kier molecular flexibility index (Phi) is 5.05. The van der Waals surface area contributed by atoms with Crippen LogP contribution >= 0.6 is 39.7 Å². The largest absolute Gasteiger partial charge is 0.352 e. The molecule has 1 aromatic rings. The third kappa shape index (κ3) is 3.45. The number of hydrogen-bond acceptors (Lipinski definition) is 3. The number of halogens is 2. The Balaban J connectivity index is 0.00000112. The van der Waals surface area contributed by atoms with E-state index < -0.39 is 0 Å². The summed E-state index contributed by atoms with van der Waals surface area (Å²) < 4.78 is 1.10. The van der Waals surface area contributed by atoms with E-state index in [1.54, 1.807) is 11.3 Å². The Hall–Kier alpha value is -0.100. The van der Waals surface area contributed by atoms with Gasteiger partial charge in [0.15, 0.2) is 0 Å². The monoisotopic (exact) mass is 310 g/mol. The molecule has 1 aromatic heterocycles. The van der Waals surface area contributed by atoms with Crippen molar-refractivity contribution in [3.05, 3.63) is 20.8 Å². The Bertz CT molecular complexity index is 341. The smallest absolute Gasteiger partial charge is 0.225 e. The second-order valence-electron chi connectivity index (χ2n) is 3.33. The highest BCUT2D eigenvalue weighted by atomic mass is 79.9. The molecule has 2 rings (SSSR count). The molecule has 1 amide bonds. The zero-order valence-electron chi connectivity index (χ0n) is 7.96. The zero-order valence-corrected chi connectivity index (χ0v) is 11.2. The maximum absolute atomic E-state index is 11.4. The first-order valence-corrected chi connectivity index (χ1v) is 6.14. The molecule has 0 aliphatic carbocycles. The average molecular weight is 312 g/mol. The molecule has 3 nitrogen and oxygen atoms in total. The second kappa shape index (κ2) is 5.84. The summed E-state index contributed by atoms with van der Waals surface area (Å²) in [6.45, 7) is 2.27. The Morgan fingerprint density at radius 1 is 1.67 bits per heavy atom. The number of hydrogen-bond donors (Lipinski definition) is 2. The predicted octanol–water partition coefficient (Wildman–Crippen LogP) is 1.77. The minimum absolute atomic E-state index is 0. The van der Waals surface area contributed by atoms with Gasteiger partial charge in [0.05, 0.1) is 9.70 Å². The highest BCUT2D eigenvalue weighted by Crippen LogP contribution is 2.20. The van der Waals surface area contributed by atoms with E-state index in [-0.39, 0.29) is 24.2 Å². The lowest BCUT2D eigenvalue weighted by Crippen LogP contribution is -2.50. The molecule has 2 N–H and O–H groups in total. The average Bonchev–Trinajstić information content (AvgIpc) is 2.45. The number of carbonyl (C=O) groups is 1. The number of nitrogens with one attached hydrogen (secondary N) is 2. The SMILES string of the molecule is Cl.O=C(NCc1csc(Br)c1)C1CNC1. The molecule has 84 valence electrons. The van der Waals surface area contributed by atoms with Gasteiger partial charge in [-0.3, -0.25) is 4.79 Å². The van der Waals surface area contributed by atoms with Gasteiger partial charge in [-0.1, -0.05) is 0 Å². The van der Waals surface area contributed by atoms with Gasteiger partial charge in [0.25, 0.3) is 0 Å². The van der Waals surface area contributed by atoms with Gasteiger partial charge in [0.1, 0.15) is 0 Å². The maximum atomic E-state index is 11.4. The van der Waals surface area contributed by atoms with Crippen LogP contribution in [-0.4, -0.2) is 19.0 Å². The summed E-state index contributed by atoms with van der Waals surface area (Å²) in [5.41, 5.74) is 1.16. The molecule has 0 bridgehead atoms. The van der Waals surface area contributed by atoms with Crippen LogP contribution < -0.4 is 10.6 Å². The van der Waals surface area contributed by atoms with E-state index in [0.29, 0.717) is 6.54 Å². The van der Waals surface area contributed by atoms with E-state index in [2.05, 4.69) is 26.6 Å². The topological polar surface area (TPSA) is 41.1 Å². The first-order chi connectivity index (χ1) is 6.75. The first kappa shape index (κ1) is 13.0. The van der Waals surface area contributed by atoms with Gasteiger partial charge in [0.2, 0.25) is 5.91 Å². The van der Waals surface area contributed by atoms with Gasteiger partial charge >= 0.3 is 0 Å². The Labute approximate surface area is 107 Å². The van der Waals surface area contributed by atoms with Crippen LogP contribution in [0.4, 0.5) is 0 Å². The summed E-state index contributed by atoms with van der Waals surface area (Å²) in [5.74, 6) is 0.336. The molecular weight excluding hydrogens is 300 g/mol. The van der Waals surface area contributed by atoms with Crippen LogP contribution in [0.25, 0.3) is 0 Å². The van der Waals surface area contributed by atoms with Crippen LogP contribution in [-0.2, 0) is 11.3 Å². The zero-order chi connectivity index (χ0) is 9.97. The fourth-order valence-corrected chi connectivity index (χ4v) is 2.46. The Morgan fingerprint density at radius 3 is 2.87 bits per heavy atom. The lowest BCUT2D eigenvalue weighted by molar-refractivity contribution is -0.126. The molecule has 1 aliphatic heterocycles. The van der Waals surface area contributed by atoms with E-state index in [1.165, 1.54) is 0 Å². The fourth-order valence-electron chi connectivity index (χ4n) is 1.25. The molecule has 0 radical (unpaired) electrons. The van der Waals surface area contributed by atoms with Gasteiger partial charge in [-0.2, -0.15) is 0 Å². The lowest BCUT2D eigenvalue weighted by atomic mass is 10.0. The highest BCUT2D eigenvalue weighted by molar-refractivity contribution is 9.11. The van der Waals surface area contributed by atoms with Crippen LogP contribution in [0.5, 0.6) is 0 Å². The van der Waals surface area contributed by atoms with Crippen molar-refractivity contribution < 1.29 is 4.79 Å². The molecule has 0 aromatic carbocycles. The third-order valence-electron chi connectivity index (χ3n) is 2.24. The first-order valence-electron chi connectivity index (χ1n) is 4.47. The van der Waals surface area contributed by atoms with E-state index in [0.717, 1.165) is 22.4 Å². The minimum Gasteiger partial charge on any atom is -0.352 e.